The highest BCUT2D eigenvalue weighted by molar-refractivity contribution is 5.85. The van der Waals surface area contributed by atoms with Crippen LogP contribution >= 0.6 is 0 Å². The fraction of sp³-hybridized carbons (Fsp3) is 0.579. The highest BCUT2D eigenvalue weighted by Crippen LogP contribution is 2.31. The standard InChI is InChI=1S/C19H28N4O2/c20-10-16-12-22(13-17(16)15-6-2-1-3-7-15)14-18(24)21-11-19(25)23-8-4-5-9-23/h1-3,6-7,16-17H,4-5,8-14,20H2,(H,21,24)/t16-,17+/m1/s1. The minimum atomic E-state index is -0.0861. The molecule has 136 valence electrons. The molecule has 2 aliphatic heterocycles. The van der Waals surface area contributed by atoms with E-state index < -0.39 is 0 Å². The average Bonchev–Trinajstić information content (AvgIpc) is 3.30. The molecule has 0 bridgehead atoms. The molecule has 2 atom stereocenters. The third kappa shape index (κ3) is 4.58. The smallest absolute Gasteiger partial charge is 0.241 e. The molecule has 0 unspecified atom stereocenters. The van der Waals surface area contributed by atoms with Crippen LogP contribution in [0.25, 0.3) is 0 Å². The zero-order chi connectivity index (χ0) is 17.6. The van der Waals surface area contributed by atoms with Crippen molar-refractivity contribution >= 4 is 11.8 Å². The molecule has 25 heavy (non-hydrogen) atoms. The van der Waals surface area contributed by atoms with E-state index in [4.69, 9.17) is 5.73 Å². The first-order chi connectivity index (χ1) is 12.2. The first-order valence-electron chi connectivity index (χ1n) is 9.19. The van der Waals surface area contributed by atoms with Crippen LogP contribution in [-0.4, -0.2) is 67.4 Å². The van der Waals surface area contributed by atoms with Crippen molar-refractivity contribution in [3.8, 4) is 0 Å². The monoisotopic (exact) mass is 344 g/mol. The van der Waals surface area contributed by atoms with Gasteiger partial charge in [-0.25, -0.2) is 0 Å². The Balaban J connectivity index is 1.47. The third-order valence-corrected chi connectivity index (χ3v) is 5.31. The molecule has 0 spiro atoms. The Kier molecular flexibility index (Phi) is 6.04. The minimum absolute atomic E-state index is 0.0225. The second-order valence-electron chi connectivity index (χ2n) is 7.07. The van der Waals surface area contributed by atoms with Crippen molar-refractivity contribution in [2.45, 2.75) is 18.8 Å². The maximum absolute atomic E-state index is 12.2. The molecule has 1 aromatic carbocycles. The lowest BCUT2D eigenvalue weighted by Crippen LogP contribution is -2.42. The predicted octanol–water partition coefficient (Wildman–Crippen LogP) is 0.399. The molecular weight excluding hydrogens is 316 g/mol. The van der Waals surface area contributed by atoms with Gasteiger partial charge in [0, 0.05) is 32.1 Å². The average molecular weight is 344 g/mol. The Labute approximate surface area is 149 Å². The van der Waals surface area contributed by atoms with Crippen molar-refractivity contribution in [2.24, 2.45) is 11.7 Å². The molecule has 2 fully saturated rings. The SMILES string of the molecule is NC[C@@H]1CN(CC(=O)NCC(=O)N2CCCC2)C[C@H]1c1ccccc1. The number of carbonyl (C=O) groups excluding carboxylic acids is 2. The lowest BCUT2D eigenvalue weighted by atomic mass is 9.89. The number of nitrogens with one attached hydrogen (secondary N) is 1. The summed E-state index contributed by atoms with van der Waals surface area (Å²) in [6, 6.07) is 10.4. The van der Waals surface area contributed by atoms with Gasteiger partial charge >= 0.3 is 0 Å². The van der Waals surface area contributed by atoms with Crippen LogP contribution in [-0.2, 0) is 9.59 Å². The van der Waals surface area contributed by atoms with Gasteiger partial charge in [0.05, 0.1) is 13.1 Å². The molecular formula is C19H28N4O2. The van der Waals surface area contributed by atoms with E-state index in [1.807, 2.05) is 23.1 Å². The van der Waals surface area contributed by atoms with Gasteiger partial charge in [-0.05, 0) is 30.9 Å². The number of nitrogens with two attached hydrogens (primary N) is 1. The van der Waals surface area contributed by atoms with Crippen LogP contribution in [0.3, 0.4) is 0 Å². The number of hydrogen-bond acceptors (Lipinski definition) is 4. The number of likely N-dealkylation sites (tertiary alicyclic amines) is 2. The number of nitrogens with zero attached hydrogens (tertiary/aromatic N) is 2. The molecule has 0 radical (unpaired) electrons. The topological polar surface area (TPSA) is 78.7 Å². The van der Waals surface area contributed by atoms with Crippen LogP contribution in [0, 0.1) is 5.92 Å². The highest BCUT2D eigenvalue weighted by Gasteiger charge is 2.33. The molecule has 3 N–H and O–H groups in total. The van der Waals surface area contributed by atoms with Gasteiger partial charge in [0.25, 0.3) is 0 Å². The van der Waals surface area contributed by atoms with E-state index >= 15 is 0 Å². The van der Waals surface area contributed by atoms with Crippen molar-refractivity contribution in [3.63, 3.8) is 0 Å². The summed E-state index contributed by atoms with van der Waals surface area (Å²) in [4.78, 5) is 28.2. The van der Waals surface area contributed by atoms with Crippen LogP contribution in [0.4, 0.5) is 0 Å². The van der Waals surface area contributed by atoms with Gasteiger partial charge in [-0.2, -0.15) is 0 Å². The van der Waals surface area contributed by atoms with E-state index in [9.17, 15) is 9.59 Å². The number of rotatable bonds is 6. The summed E-state index contributed by atoms with van der Waals surface area (Å²) in [5.74, 6) is 0.665. The Morgan fingerprint density at radius 3 is 2.52 bits per heavy atom. The van der Waals surface area contributed by atoms with E-state index in [1.165, 1.54) is 5.56 Å². The first-order valence-corrected chi connectivity index (χ1v) is 9.19. The quantitative estimate of drug-likeness (QED) is 0.783. The molecule has 0 saturated carbocycles. The lowest BCUT2D eigenvalue weighted by molar-refractivity contribution is -0.132. The van der Waals surface area contributed by atoms with Crippen molar-refractivity contribution < 1.29 is 9.59 Å². The zero-order valence-electron chi connectivity index (χ0n) is 14.7. The second kappa shape index (κ2) is 8.45. The van der Waals surface area contributed by atoms with Crippen LogP contribution in [0.2, 0.25) is 0 Å². The molecule has 3 rings (SSSR count). The number of carbonyl (C=O) groups is 2. The van der Waals surface area contributed by atoms with E-state index in [-0.39, 0.29) is 18.4 Å². The van der Waals surface area contributed by atoms with Gasteiger partial charge in [-0.3, -0.25) is 14.5 Å². The number of benzene rings is 1. The minimum Gasteiger partial charge on any atom is -0.346 e. The van der Waals surface area contributed by atoms with Crippen LogP contribution in [0.15, 0.2) is 30.3 Å². The summed E-state index contributed by atoms with van der Waals surface area (Å²) in [7, 11) is 0. The second-order valence-corrected chi connectivity index (χ2v) is 7.07. The molecule has 6 heteroatoms. The first kappa shape index (κ1) is 17.9. The summed E-state index contributed by atoms with van der Waals surface area (Å²) in [5, 5.41) is 2.77. The van der Waals surface area contributed by atoms with Crippen molar-refractivity contribution in [3.05, 3.63) is 35.9 Å². The van der Waals surface area contributed by atoms with E-state index in [2.05, 4.69) is 22.3 Å². The predicted molar refractivity (Wildman–Crippen MR) is 97.0 cm³/mol. The highest BCUT2D eigenvalue weighted by atomic mass is 16.2. The molecule has 2 aliphatic rings. The molecule has 6 nitrogen and oxygen atoms in total. The summed E-state index contributed by atoms with van der Waals surface area (Å²) in [6.45, 7) is 4.34. The maximum atomic E-state index is 12.2. The van der Waals surface area contributed by atoms with Crippen molar-refractivity contribution in [2.75, 3.05) is 45.8 Å². The fourth-order valence-corrected chi connectivity index (χ4v) is 3.92. The Bertz CT molecular complexity index is 586. The lowest BCUT2D eigenvalue weighted by Gasteiger charge is -2.18. The summed E-state index contributed by atoms with van der Waals surface area (Å²) < 4.78 is 0. The van der Waals surface area contributed by atoms with Crippen LogP contribution in [0.5, 0.6) is 0 Å². The molecule has 2 heterocycles. The van der Waals surface area contributed by atoms with Gasteiger partial charge in [-0.1, -0.05) is 30.3 Å². The normalized spacial score (nSPS) is 23.8. The van der Waals surface area contributed by atoms with Gasteiger partial charge in [0.2, 0.25) is 11.8 Å². The largest absolute Gasteiger partial charge is 0.346 e. The zero-order valence-corrected chi connectivity index (χ0v) is 14.7. The fourth-order valence-electron chi connectivity index (χ4n) is 3.92. The Hall–Kier alpha value is -1.92. The number of hydrogen-bond donors (Lipinski definition) is 2. The molecule has 2 saturated heterocycles. The molecule has 2 amide bonds. The molecule has 1 aromatic rings. The van der Waals surface area contributed by atoms with Gasteiger partial charge < -0.3 is 16.0 Å². The Morgan fingerprint density at radius 1 is 1.12 bits per heavy atom. The van der Waals surface area contributed by atoms with Gasteiger partial charge in [0.1, 0.15) is 0 Å². The van der Waals surface area contributed by atoms with E-state index in [0.29, 0.717) is 24.9 Å². The van der Waals surface area contributed by atoms with E-state index in [0.717, 1.165) is 39.0 Å². The van der Waals surface area contributed by atoms with Crippen LogP contribution < -0.4 is 11.1 Å². The molecule has 0 aromatic heterocycles. The van der Waals surface area contributed by atoms with Crippen LogP contribution in [0.1, 0.15) is 24.3 Å². The van der Waals surface area contributed by atoms with Gasteiger partial charge in [0.15, 0.2) is 0 Å². The Morgan fingerprint density at radius 2 is 1.84 bits per heavy atom. The molecule has 0 aliphatic carbocycles. The number of amides is 2. The van der Waals surface area contributed by atoms with Gasteiger partial charge in [-0.15, -0.1) is 0 Å². The summed E-state index contributed by atoms with van der Waals surface area (Å²) in [5.41, 5.74) is 7.23. The third-order valence-electron chi connectivity index (χ3n) is 5.31. The van der Waals surface area contributed by atoms with Crippen molar-refractivity contribution in [1.82, 2.24) is 15.1 Å². The van der Waals surface area contributed by atoms with E-state index in [1.54, 1.807) is 0 Å². The maximum Gasteiger partial charge on any atom is 0.241 e. The summed E-state index contributed by atoms with van der Waals surface area (Å²) >= 11 is 0. The van der Waals surface area contributed by atoms with Crippen molar-refractivity contribution in [1.29, 1.82) is 0 Å². The summed E-state index contributed by atoms with van der Waals surface area (Å²) in [6.07, 6.45) is 2.13.